The maximum absolute atomic E-state index is 13.4. The number of amides is 1. The zero-order chi connectivity index (χ0) is 50.1. The number of phosphoric ester groups is 1. The van der Waals surface area contributed by atoms with Gasteiger partial charge < -0.3 is 28.5 Å². The summed E-state index contributed by atoms with van der Waals surface area (Å²) in [7, 11) is 1.15. The smallest absolute Gasteiger partial charge is 0.306 e. The Morgan fingerprint density at radius 2 is 0.941 bits per heavy atom. The summed E-state index contributed by atoms with van der Waals surface area (Å²) in [6.07, 6.45) is 60.1. The molecule has 0 saturated carbocycles. The third-order valence-electron chi connectivity index (χ3n) is 11.9. The molecular formula is C58H105N2O7P. The first kappa shape index (κ1) is 65.5. The lowest BCUT2D eigenvalue weighted by Gasteiger charge is -2.30. The van der Waals surface area contributed by atoms with E-state index in [1.165, 1.54) is 96.3 Å². The number of phosphoric acid groups is 1. The van der Waals surface area contributed by atoms with Crippen LogP contribution >= 0.6 is 7.82 Å². The summed E-state index contributed by atoms with van der Waals surface area (Å²) in [5.41, 5.74) is 0. The maximum atomic E-state index is 13.4. The van der Waals surface area contributed by atoms with E-state index in [1.807, 2.05) is 33.3 Å². The molecule has 0 aromatic rings. The third kappa shape index (κ3) is 48.5. The van der Waals surface area contributed by atoms with Crippen LogP contribution in [0.5, 0.6) is 0 Å². The number of hydrogen-bond donors (Lipinski definition) is 1. The molecule has 0 aliphatic carbocycles. The van der Waals surface area contributed by atoms with E-state index in [0.29, 0.717) is 23.9 Å². The fraction of sp³-hybridized carbons (Fsp3) is 0.759. The average molecular weight is 973 g/mol. The fourth-order valence-corrected chi connectivity index (χ4v) is 8.29. The van der Waals surface area contributed by atoms with Crippen LogP contribution in [0, 0.1) is 0 Å². The van der Waals surface area contributed by atoms with Gasteiger partial charge in [0.25, 0.3) is 7.82 Å². The second-order valence-corrected chi connectivity index (χ2v) is 21.1. The first-order valence-corrected chi connectivity index (χ1v) is 29.2. The van der Waals surface area contributed by atoms with Crippen LogP contribution in [0.15, 0.2) is 72.9 Å². The number of quaternary nitrogens is 1. The Labute approximate surface area is 419 Å². The van der Waals surface area contributed by atoms with Gasteiger partial charge in [0.1, 0.15) is 19.3 Å². The maximum Gasteiger partial charge on any atom is 0.306 e. The third-order valence-corrected chi connectivity index (χ3v) is 12.8. The summed E-state index contributed by atoms with van der Waals surface area (Å²) < 4.78 is 30.1. The van der Waals surface area contributed by atoms with Crippen molar-refractivity contribution in [2.75, 3.05) is 40.9 Å². The van der Waals surface area contributed by atoms with Gasteiger partial charge in [-0.15, -0.1) is 0 Å². The molecule has 3 unspecified atom stereocenters. The van der Waals surface area contributed by atoms with Crippen molar-refractivity contribution >= 4 is 19.7 Å². The minimum atomic E-state index is -4.71. The predicted molar refractivity (Wildman–Crippen MR) is 288 cm³/mol. The molecule has 0 aliphatic rings. The molecule has 0 heterocycles. The SMILES string of the molecule is CC/C=C/C/C=C/C/C=C/C/C=C/CCCCCC(=O)NC(COP(=O)([O-])OCC[N+](C)(C)C)C(/C=C/CCCCCCCCCCCC)OC(=O)CCCCC/C=C\CCCCCCCCC. The van der Waals surface area contributed by atoms with E-state index in [0.717, 1.165) is 89.9 Å². The lowest BCUT2D eigenvalue weighted by molar-refractivity contribution is -0.870. The molecule has 1 amide bonds. The van der Waals surface area contributed by atoms with Crippen LogP contribution in [-0.4, -0.2) is 69.4 Å². The minimum Gasteiger partial charge on any atom is -0.756 e. The van der Waals surface area contributed by atoms with Gasteiger partial charge >= 0.3 is 5.97 Å². The van der Waals surface area contributed by atoms with E-state index in [-0.39, 0.29) is 31.3 Å². The molecule has 0 spiro atoms. The molecule has 0 aliphatic heterocycles. The summed E-state index contributed by atoms with van der Waals surface area (Å²) in [5, 5.41) is 2.99. The van der Waals surface area contributed by atoms with Gasteiger partial charge in [0, 0.05) is 12.8 Å². The minimum absolute atomic E-state index is 0.0334. The Morgan fingerprint density at radius 3 is 1.43 bits per heavy atom. The number of carbonyl (C=O) groups is 2. The molecule has 10 heteroatoms. The van der Waals surface area contributed by atoms with E-state index in [2.05, 4.69) is 86.8 Å². The molecule has 3 atom stereocenters. The van der Waals surface area contributed by atoms with Gasteiger partial charge in [-0.25, -0.2) is 0 Å². The van der Waals surface area contributed by atoms with Gasteiger partial charge in [-0.05, 0) is 96.0 Å². The Hall–Kier alpha value is -2.55. The summed E-state index contributed by atoms with van der Waals surface area (Å²) in [6.45, 7) is 6.67. The standard InChI is InChI=1S/C58H105N2O7P/c1-7-10-13-16-19-22-25-28-30-31-32-35-38-41-44-47-50-57(61)59-55(54-66-68(63,64)65-53-52-60(4,5)6)56(49-46-43-40-37-34-27-24-21-18-15-12-9-3)67-58(62)51-48-45-42-39-36-33-29-26-23-20-17-14-11-8-2/h10,13,19,22,28,30,32-33,35-36,46,49,55-56H,7-9,11-12,14-18,20-21,23-27,29,31,34,37-45,47-48,50-54H2,1-6H3,(H-,59,61,63,64)/b13-10+,22-19+,30-28+,35-32+,36-33-,49-46+. The molecule has 0 radical (unpaired) electrons. The Bertz CT molecular complexity index is 1400. The number of ether oxygens (including phenoxy) is 1. The van der Waals surface area contributed by atoms with Gasteiger partial charge in [0.15, 0.2) is 0 Å². The van der Waals surface area contributed by atoms with Crippen molar-refractivity contribution in [1.29, 1.82) is 0 Å². The highest BCUT2D eigenvalue weighted by molar-refractivity contribution is 7.45. The van der Waals surface area contributed by atoms with Gasteiger partial charge in [-0.2, -0.15) is 0 Å². The van der Waals surface area contributed by atoms with Crippen molar-refractivity contribution in [2.45, 2.75) is 245 Å². The van der Waals surface area contributed by atoms with Crippen molar-refractivity contribution in [2.24, 2.45) is 0 Å². The van der Waals surface area contributed by atoms with Crippen molar-refractivity contribution in [1.82, 2.24) is 5.32 Å². The Morgan fingerprint density at radius 1 is 0.529 bits per heavy atom. The van der Waals surface area contributed by atoms with Crippen molar-refractivity contribution in [3.8, 4) is 0 Å². The molecule has 0 rings (SSSR count). The lowest BCUT2D eigenvalue weighted by atomic mass is 10.1. The van der Waals surface area contributed by atoms with Crippen LogP contribution < -0.4 is 10.2 Å². The first-order chi connectivity index (χ1) is 32.9. The van der Waals surface area contributed by atoms with E-state index < -0.39 is 26.6 Å². The number of allylic oxidation sites excluding steroid dienone is 11. The number of esters is 1. The van der Waals surface area contributed by atoms with Crippen molar-refractivity contribution in [3.05, 3.63) is 72.9 Å². The highest BCUT2D eigenvalue weighted by Gasteiger charge is 2.27. The summed E-state index contributed by atoms with van der Waals surface area (Å²) in [6, 6.07) is -0.912. The number of hydrogen-bond acceptors (Lipinski definition) is 7. The zero-order valence-electron chi connectivity index (χ0n) is 44.8. The largest absolute Gasteiger partial charge is 0.756 e. The van der Waals surface area contributed by atoms with E-state index in [4.69, 9.17) is 13.8 Å². The van der Waals surface area contributed by atoms with E-state index in [9.17, 15) is 19.0 Å². The average Bonchev–Trinajstić information content (AvgIpc) is 3.29. The number of nitrogens with one attached hydrogen (secondary N) is 1. The summed E-state index contributed by atoms with van der Waals surface area (Å²) in [5.74, 6) is -0.599. The van der Waals surface area contributed by atoms with Crippen molar-refractivity contribution < 1.29 is 37.3 Å². The number of likely N-dealkylation sites (N-methyl/N-ethyl adjacent to an activating group) is 1. The van der Waals surface area contributed by atoms with Gasteiger partial charge in [-0.3, -0.25) is 14.2 Å². The van der Waals surface area contributed by atoms with Crippen LogP contribution in [-0.2, 0) is 27.9 Å². The second-order valence-electron chi connectivity index (χ2n) is 19.7. The molecule has 0 saturated heterocycles. The molecular weight excluding hydrogens is 868 g/mol. The van der Waals surface area contributed by atoms with Gasteiger partial charge in [0.2, 0.25) is 5.91 Å². The first-order valence-electron chi connectivity index (χ1n) is 27.7. The fourth-order valence-electron chi connectivity index (χ4n) is 7.56. The zero-order valence-corrected chi connectivity index (χ0v) is 45.7. The number of unbranched alkanes of at least 4 members (excludes halogenated alkanes) is 23. The molecule has 68 heavy (non-hydrogen) atoms. The topological polar surface area (TPSA) is 114 Å². The highest BCUT2D eigenvalue weighted by atomic mass is 31.2. The molecule has 0 aromatic heterocycles. The van der Waals surface area contributed by atoms with Crippen molar-refractivity contribution in [3.63, 3.8) is 0 Å². The molecule has 0 aromatic carbocycles. The quantitative estimate of drug-likeness (QED) is 0.0212. The van der Waals surface area contributed by atoms with Gasteiger partial charge in [0.05, 0.1) is 33.8 Å². The van der Waals surface area contributed by atoms with E-state index in [1.54, 1.807) is 0 Å². The second kappa shape index (κ2) is 48.1. The van der Waals surface area contributed by atoms with Crippen LogP contribution in [0.2, 0.25) is 0 Å². The van der Waals surface area contributed by atoms with Crippen LogP contribution in [0.25, 0.3) is 0 Å². The number of carbonyl (C=O) groups excluding carboxylic acids is 2. The molecule has 9 nitrogen and oxygen atoms in total. The van der Waals surface area contributed by atoms with Gasteiger partial charge in [-0.1, -0.05) is 197 Å². The lowest BCUT2D eigenvalue weighted by Crippen LogP contribution is -2.47. The van der Waals surface area contributed by atoms with Crippen LogP contribution in [0.1, 0.15) is 233 Å². The Balaban J connectivity index is 5.47. The Kier molecular flexibility index (Phi) is 46.3. The summed E-state index contributed by atoms with van der Waals surface area (Å²) in [4.78, 5) is 39.8. The molecule has 0 bridgehead atoms. The van der Waals surface area contributed by atoms with Crippen LogP contribution in [0.3, 0.4) is 0 Å². The molecule has 0 fully saturated rings. The molecule has 1 N–H and O–H groups in total. The van der Waals surface area contributed by atoms with Crippen LogP contribution in [0.4, 0.5) is 0 Å². The number of rotatable bonds is 49. The highest BCUT2D eigenvalue weighted by Crippen LogP contribution is 2.38. The number of nitrogens with zero attached hydrogens (tertiary/aromatic N) is 1. The molecule has 394 valence electrons. The normalized spacial score (nSPS) is 14.4. The predicted octanol–water partition coefficient (Wildman–Crippen LogP) is 15.9. The monoisotopic (exact) mass is 973 g/mol. The van der Waals surface area contributed by atoms with E-state index >= 15 is 0 Å². The summed E-state index contributed by atoms with van der Waals surface area (Å²) >= 11 is 0.